The van der Waals surface area contributed by atoms with Gasteiger partial charge in [-0.2, -0.15) is 0 Å². The van der Waals surface area contributed by atoms with Crippen LogP contribution in [0.4, 0.5) is 0 Å². The Balaban J connectivity index is 2.44. The smallest absolute Gasteiger partial charge is 0.237 e. The van der Waals surface area contributed by atoms with Crippen molar-refractivity contribution in [2.75, 3.05) is 20.3 Å². The van der Waals surface area contributed by atoms with Crippen molar-refractivity contribution in [2.45, 2.75) is 44.4 Å². The first-order valence-electron chi connectivity index (χ1n) is 5.68. The number of amides is 1. The zero-order valence-corrected chi connectivity index (χ0v) is 10.3. The summed E-state index contributed by atoms with van der Waals surface area (Å²) in [6.45, 7) is 5.14. The van der Waals surface area contributed by atoms with E-state index in [9.17, 15) is 4.79 Å². The lowest BCUT2D eigenvalue weighted by atomic mass is 9.94. The van der Waals surface area contributed by atoms with Gasteiger partial charge >= 0.3 is 0 Å². The topological polar surface area (TPSA) is 73.6 Å². The normalized spacial score (nSPS) is 31.4. The summed E-state index contributed by atoms with van der Waals surface area (Å²) in [5, 5.41) is 2.97. The van der Waals surface area contributed by atoms with Crippen LogP contribution in [0.2, 0.25) is 0 Å². The lowest BCUT2D eigenvalue weighted by Gasteiger charge is -2.30. The first-order valence-corrected chi connectivity index (χ1v) is 5.68. The molecule has 3 N–H and O–H groups in total. The Bertz CT molecular complexity index is 247. The Labute approximate surface area is 96.7 Å². The molecule has 0 saturated carbocycles. The minimum Gasteiger partial charge on any atom is -0.385 e. The molecule has 0 bridgehead atoms. The summed E-state index contributed by atoms with van der Waals surface area (Å²) in [4.78, 5) is 11.8. The van der Waals surface area contributed by atoms with E-state index >= 15 is 0 Å². The molecule has 0 aromatic heterocycles. The van der Waals surface area contributed by atoms with Crippen molar-refractivity contribution in [1.29, 1.82) is 0 Å². The average molecular weight is 230 g/mol. The van der Waals surface area contributed by atoms with Crippen LogP contribution in [0, 0.1) is 0 Å². The van der Waals surface area contributed by atoms with Crippen LogP contribution in [0.5, 0.6) is 0 Å². The number of hydrogen-bond acceptors (Lipinski definition) is 4. The standard InChI is InChI=1S/C11H22N2O3/c1-8-11(2,5-7-16-8)13-10(14)9(12)4-6-15-3/h8-9H,4-7,12H2,1-3H3,(H,13,14). The fourth-order valence-corrected chi connectivity index (χ4v) is 1.75. The van der Waals surface area contributed by atoms with E-state index in [2.05, 4.69) is 5.32 Å². The van der Waals surface area contributed by atoms with Crippen molar-refractivity contribution in [3.8, 4) is 0 Å². The second kappa shape index (κ2) is 5.61. The van der Waals surface area contributed by atoms with Gasteiger partial charge in [0, 0.05) is 20.3 Å². The molecule has 5 nitrogen and oxygen atoms in total. The highest BCUT2D eigenvalue weighted by Crippen LogP contribution is 2.25. The number of nitrogens with two attached hydrogens (primary N) is 1. The number of methoxy groups -OCH3 is 1. The molecule has 1 heterocycles. The summed E-state index contributed by atoms with van der Waals surface area (Å²) >= 11 is 0. The number of hydrogen-bond donors (Lipinski definition) is 2. The lowest BCUT2D eigenvalue weighted by Crippen LogP contribution is -2.55. The van der Waals surface area contributed by atoms with E-state index < -0.39 is 6.04 Å². The second-order valence-corrected chi connectivity index (χ2v) is 4.56. The van der Waals surface area contributed by atoms with E-state index in [1.807, 2.05) is 13.8 Å². The Kier molecular flexibility index (Phi) is 4.70. The largest absolute Gasteiger partial charge is 0.385 e. The van der Waals surface area contributed by atoms with Gasteiger partial charge in [-0.15, -0.1) is 0 Å². The van der Waals surface area contributed by atoms with Gasteiger partial charge < -0.3 is 20.5 Å². The van der Waals surface area contributed by atoms with Crippen LogP contribution < -0.4 is 11.1 Å². The highest BCUT2D eigenvalue weighted by atomic mass is 16.5. The molecular weight excluding hydrogens is 208 g/mol. The molecule has 16 heavy (non-hydrogen) atoms. The zero-order valence-electron chi connectivity index (χ0n) is 10.3. The van der Waals surface area contributed by atoms with Crippen LogP contribution in [0.1, 0.15) is 26.7 Å². The molecular formula is C11H22N2O3. The Morgan fingerprint density at radius 2 is 2.44 bits per heavy atom. The Morgan fingerprint density at radius 1 is 1.75 bits per heavy atom. The van der Waals surface area contributed by atoms with Gasteiger partial charge in [0.1, 0.15) is 0 Å². The molecule has 1 rings (SSSR count). The van der Waals surface area contributed by atoms with Crippen LogP contribution in [0.15, 0.2) is 0 Å². The molecule has 5 heteroatoms. The molecule has 1 amide bonds. The van der Waals surface area contributed by atoms with E-state index in [1.54, 1.807) is 7.11 Å². The van der Waals surface area contributed by atoms with Crippen molar-refractivity contribution in [3.63, 3.8) is 0 Å². The Morgan fingerprint density at radius 3 is 2.94 bits per heavy atom. The predicted molar refractivity (Wildman–Crippen MR) is 61.0 cm³/mol. The molecule has 0 spiro atoms. The first kappa shape index (κ1) is 13.4. The first-order chi connectivity index (χ1) is 7.49. The van der Waals surface area contributed by atoms with Gasteiger partial charge in [0.15, 0.2) is 0 Å². The minimum atomic E-state index is -0.510. The molecule has 94 valence electrons. The van der Waals surface area contributed by atoms with Crippen molar-refractivity contribution in [3.05, 3.63) is 0 Å². The molecule has 0 aromatic rings. The molecule has 3 unspecified atom stereocenters. The summed E-state index contributed by atoms with van der Waals surface area (Å²) in [7, 11) is 1.60. The molecule has 1 fully saturated rings. The SMILES string of the molecule is COCCC(N)C(=O)NC1(C)CCOC1C. The maximum Gasteiger partial charge on any atom is 0.237 e. The molecule has 0 aliphatic carbocycles. The third-order valence-corrected chi connectivity index (χ3v) is 3.27. The minimum absolute atomic E-state index is 0.0334. The molecule has 3 atom stereocenters. The van der Waals surface area contributed by atoms with E-state index in [-0.39, 0.29) is 17.6 Å². The van der Waals surface area contributed by atoms with Gasteiger partial charge in [-0.3, -0.25) is 4.79 Å². The fourth-order valence-electron chi connectivity index (χ4n) is 1.75. The highest BCUT2D eigenvalue weighted by Gasteiger charge is 2.38. The van der Waals surface area contributed by atoms with Crippen LogP contribution in [0.25, 0.3) is 0 Å². The number of rotatable bonds is 5. The third-order valence-electron chi connectivity index (χ3n) is 3.27. The van der Waals surface area contributed by atoms with E-state index in [0.29, 0.717) is 19.6 Å². The Hall–Kier alpha value is -0.650. The summed E-state index contributed by atoms with van der Waals surface area (Å²) in [5.74, 6) is -0.128. The second-order valence-electron chi connectivity index (χ2n) is 4.56. The fraction of sp³-hybridized carbons (Fsp3) is 0.909. The number of nitrogens with one attached hydrogen (secondary N) is 1. The van der Waals surface area contributed by atoms with Crippen molar-refractivity contribution >= 4 is 5.91 Å². The van der Waals surface area contributed by atoms with Gasteiger partial charge in [0.05, 0.1) is 17.7 Å². The number of carbonyl (C=O) groups excluding carboxylic acids is 1. The molecule has 1 aliphatic rings. The van der Waals surface area contributed by atoms with Crippen molar-refractivity contribution in [2.24, 2.45) is 5.73 Å². The van der Waals surface area contributed by atoms with Crippen LogP contribution in [0.3, 0.4) is 0 Å². The van der Waals surface area contributed by atoms with Gasteiger partial charge in [-0.25, -0.2) is 0 Å². The van der Waals surface area contributed by atoms with E-state index in [4.69, 9.17) is 15.2 Å². The van der Waals surface area contributed by atoms with Gasteiger partial charge in [-0.05, 0) is 26.7 Å². The summed E-state index contributed by atoms with van der Waals surface area (Å²) < 4.78 is 10.3. The maximum atomic E-state index is 11.8. The summed E-state index contributed by atoms with van der Waals surface area (Å²) in [6, 6.07) is -0.510. The van der Waals surface area contributed by atoms with Crippen LogP contribution in [-0.2, 0) is 14.3 Å². The average Bonchev–Trinajstić information content (AvgIpc) is 2.55. The summed E-state index contributed by atoms with van der Waals surface area (Å²) in [5.41, 5.74) is 5.46. The molecule has 0 aromatic carbocycles. The van der Waals surface area contributed by atoms with Crippen molar-refractivity contribution in [1.82, 2.24) is 5.32 Å². The van der Waals surface area contributed by atoms with Crippen LogP contribution >= 0.6 is 0 Å². The van der Waals surface area contributed by atoms with Crippen LogP contribution in [-0.4, -0.2) is 43.9 Å². The van der Waals surface area contributed by atoms with E-state index in [0.717, 1.165) is 6.42 Å². The van der Waals surface area contributed by atoms with Gasteiger partial charge in [-0.1, -0.05) is 0 Å². The summed E-state index contributed by atoms with van der Waals surface area (Å²) in [6.07, 6.45) is 1.40. The number of carbonyl (C=O) groups is 1. The zero-order chi connectivity index (χ0) is 12.2. The van der Waals surface area contributed by atoms with Gasteiger partial charge in [0.2, 0.25) is 5.91 Å². The maximum absolute atomic E-state index is 11.8. The molecule has 1 saturated heterocycles. The molecule has 1 aliphatic heterocycles. The predicted octanol–water partition coefficient (Wildman–Crippen LogP) is 0.0339. The quantitative estimate of drug-likeness (QED) is 0.699. The third kappa shape index (κ3) is 3.17. The highest BCUT2D eigenvalue weighted by molar-refractivity contribution is 5.82. The molecule has 0 radical (unpaired) electrons. The van der Waals surface area contributed by atoms with Crippen molar-refractivity contribution < 1.29 is 14.3 Å². The monoisotopic (exact) mass is 230 g/mol. The van der Waals surface area contributed by atoms with Gasteiger partial charge in [0.25, 0.3) is 0 Å². The van der Waals surface area contributed by atoms with E-state index in [1.165, 1.54) is 0 Å². The number of ether oxygens (including phenoxy) is 2. The lowest BCUT2D eigenvalue weighted by molar-refractivity contribution is -0.125.